The van der Waals surface area contributed by atoms with Crippen molar-refractivity contribution in [3.63, 3.8) is 0 Å². The first-order valence-electron chi connectivity index (χ1n) is 5.37. The van der Waals surface area contributed by atoms with Gasteiger partial charge in [-0.25, -0.2) is 4.79 Å². The van der Waals surface area contributed by atoms with Gasteiger partial charge in [0.05, 0.1) is 9.35 Å². The van der Waals surface area contributed by atoms with Crippen molar-refractivity contribution in [1.29, 1.82) is 0 Å². The maximum Gasteiger partial charge on any atom is 0.326 e. The normalized spacial score (nSPS) is 20.3. The maximum atomic E-state index is 12.2. The molecular weight excluding hydrogens is 306 g/mol. The summed E-state index contributed by atoms with van der Waals surface area (Å²) < 4.78 is 0.879. The first kappa shape index (κ1) is 12.6. The lowest BCUT2D eigenvalue weighted by molar-refractivity contribution is -0.143. The second-order valence-corrected chi connectivity index (χ2v) is 6.28. The number of piperidine rings is 1. The van der Waals surface area contributed by atoms with E-state index in [1.54, 1.807) is 11.4 Å². The Kier molecular flexibility index (Phi) is 3.83. The highest BCUT2D eigenvalue weighted by molar-refractivity contribution is 9.11. The molecule has 1 atom stereocenters. The Morgan fingerprint density at radius 3 is 2.82 bits per heavy atom. The summed E-state index contributed by atoms with van der Waals surface area (Å²) in [6.45, 7) is 0.531. The molecule has 2 rings (SSSR count). The Balaban J connectivity index is 2.19. The minimum atomic E-state index is -0.910. The van der Waals surface area contributed by atoms with Gasteiger partial charge in [0.25, 0.3) is 5.91 Å². The maximum absolute atomic E-state index is 12.2. The van der Waals surface area contributed by atoms with E-state index >= 15 is 0 Å². The molecule has 0 spiro atoms. The van der Waals surface area contributed by atoms with Gasteiger partial charge < -0.3 is 10.0 Å². The first-order chi connectivity index (χ1) is 8.09. The molecule has 1 aromatic heterocycles. The topological polar surface area (TPSA) is 57.6 Å². The zero-order valence-electron chi connectivity index (χ0n) is 9.06. The first-order valence-corrected chi connectivity index (χ1v) is 7.04. The van der Waals surface area contributed by atoms with Gasteiger partial charge in [-0.2, -0.15) is 0 Å². The van der Waals surface area contributed by atoms with Crippen LogP contribution in [-0.2, 0) is 4.79 Å². The van der Waals surface area contributed by atoms with E-state index in [0.717, 1.165) is 16.6 Å². The second-order valence-electron chi connectivity index (χ2n) is 3.99. The van der Waals surface area contributed by atoms with Crippen LogP contribution in [0.15, 0.2) is 15.2 Å². The number of carbonyl (C=O) groups excluding carboxylic acids is 1. The SMILES string of the molecule is O=C(O)[C@H]1CCCCN1C(=O)c1csc(Br)c1. The third-order valence-corrected chi connectivity index (χ3v) is 4.37. The molecule has 1 aliphatic heterocycles. The molecule has 1 N–H and O–H groups in total. The summed E-state index contributed by atoms with van der Waals surface area (Å²) in [5, 5.41) is 10.9. The molecule has 1 fully saturated rings. The van der Waals surface area contributed by atoms with Crippen molar-refractivity contribution < 1.29 is 14.7 Å². The lowest BCUT2D eigenvalue weighted by atomic mass is 10.0. The molecular formula is C11H12BrNO3S. The monoisotopic (exact) mass is 317 g/mol. The summed E-state index contributed by atoms with van der Waals surface area (Å²) in [5.74, 6) is -1.09. The molecule has 92 valence electrons. The smallest absolute Gasteiger partial charge is 0.326 e. The number of thiophene rings is 1. The number of hydrogen-bond acceptors (Lipinski definition) is 3. The summed E-state index contributed by atoms with van der Waals surface area (Å²) in [6, 6.07) is 1.07. The van der Waals surface area contributed by atoms with E-state index < -0.39 is 12.0 Å². The van der Waals surface area contributed by atoms with Gasteiger partial charge in [0.1, 0.15) is 6.04 Å². The van der Waals surface area contributed by atoms with Crippen molar-refractivity contribution in [2.45, 2.75) is 25.3 Å². The number of halogens is 1. The highest BCUT2D eigenvalue weighted by Crippen LogP contribution is 2.25. The summed E-state index contributed by atoms with van der Waals surface area (Å²) in [5.41, 5.74) is 0.565. The van der Waals surface area contributed by atoms with Gasteiger partial charge in [-0.05, 0) is 41.3 Å². The number of rotatable bonds is 2. The van der Waals surface area contributed by atoms with Crippen LogP contribution in [0.3, 0.4) is 0 Å². The molecule has 1 aromatic rings. The number of likely N-dealkylation sites (tertiary alicyclic amines) is 1. The van der Waals surface area contributed by atoms with Crippen LogP contribution in [0.4, 0.5) is 0 Å². The Bertz CT molecular complexity index is 446. The fraction of sp³-hybridized carbons (Fsp3) is 0.455. The summed E-state index contributed by atoms with van der Waals surface area (Å²) in [4.78, 5) is 24.8. The van der Waals surface area contributed by atoms with Gasteiger partial charge in [-0.15, -0.1) is 11.3 Å². The molecule has 0 unspecified atom stereocenters. The van der Waals surface area contributed by atoms with Crippen LogP contribution in [0.1, 0.15) is 29.6 Å². The van der Waals surface area contributed by atoms with Crippen LogP contribution >= 0.6 is 27.3 Å². The fourth-order valence-corrected chi connectivity index (χ4v) is 3.15. The van der Waals surface area contributed by atoms with Crippen LogP contribution in [0.5, 0.6) is 0 Å². The van der Waals surface area contributed by atoms with Gasteiger partial charge in [-0.1, -0.05) is 0 Å². The molecule has 0 aliphatic carbocycles. The predicted molar refractivity (Wildman–Crippen MR) is 68.3 cm³/mol. The van der Waals surface area contributed by atoms with Crippen molar-refractivity contribution in [2.75, 3.05) is 6.54 Å². The average molecular weight is 318 g/mol. The van der Waals surface area contributed by atoms with E-state index in [4.69, 9.17) is 5.11 Å². The number of carboxylic acids is 1. The van der Waals surface area contributed by atoms with Crippen molar-refractivity contribution >= 4 is 39.1 Å². The van der Waals surface area contributed by atoms with Crippen molar-refractivity contribution in [1.82, 2.24) is 4.90 Å². The van der Waals surface area contributed by atoms with E-state index in [1.807, 2.05) is 0 Å². The summed E-state index contributed by atoms with van der Waals surface area (Å²) in [6.07, 6.45) is 2.29. The fourth-order valence-electron chi connectivity index (χ4n) is 2.02. The van der Waals surface area contributed by atoms with Crippen LogP contribution in [0.2, 0.25) is 0 Å². The standard InChI is InChI=1S/C11H12BrNO3S/c12-9-5-7(6-17-9)10(14)13-4-2-1-3-8(13)11(15)16/h5-6,8H,1-4H2,(H,15,16)/t8-/m1/s1. The van der Waals surface area contributed by atoms with Crippen LogP contribution < -0.4 is 0 Å². The third kappa shape index (κ3) is 2.69. The lowest BCUT2D eigenvalue weighted by Gasteiger charge is -2.32. The van der Waals surface area contributed by atoms with Gasteiger partial charge in [0, 0.05) is 11.9 Å². The molecule has 1 amide bonds. The molecule has 17 heavy (non-hydrogen) atoms. The number of hydrogen-bond donors (Lipinski definition) is 1. The van der Waals surface area contributed by atoms with Gasteiger partial charge in [-0.3, -0.25) is 4.79 Å². The third-order valence-electron chi connectivity index (χ3n) is 2.86. The molecule has 6 heteroatoms. The molecule has 0 radical (unpaired) electrons. The van der Waals surface area contributed by atoms with E-state index in [9.17, 15) is 9.59 Å². The van der Waals surface area contributed by atoms with Crippen molar-refractivity contribution in [3.05, 3.63) is 20.8 Å². The summed E-state index contributed by atoms with van der Waals surface area (Å²) >= 11 is 4.73. The highest BCUT2D eigenvalue weighted by atomic mass is 79.9. The van der Waals surface area contributed by atoms with Crippen LogP contribution in [-0.4, -0.2) is 34.5 Å². The Hall–Kier alpha value is -0.880. The predicted octanol–water partition coefficient (Wildman–Crippen LogP) is 2.59. The minimum absolute atomic E-state index is 0.181. The number of nitrogens with zero attached hydrogens (tertiary/aromatic N) is 1. The molecule has 2 heterocycles. The zero-order valence-corrected chi connectivity index (χ0v) is 11.5. The van der Waals surface area contributed by atoms with E-state index in [1.165, 1.54) is 16.2 Å². The van der Waals surface area contributed by atoms with Crippen molar-refractivity contribution in [3.8, 4) is 0 Å². The van der Waals surface area contributed by atoms with E-state index in [2.05, 4.69) is 15.9 Å². The van der Waals surface area contributed by atoms with Gasteiger partial charge in [0.2, 0.25) is 0 Å². The molecule has 0 bridgehead atoms. The number of aliphatic carboxylic acids is 1. The number of carboxylic acid groups (broad SMARTS) is 1. The minimum Gasteiger partial charge on any atom is -0.480 e. The van der Waals surface area contributed by atoms with E-state index in [-0.39, 0.29) is 5.91 Å². The Morgan fingerprint density at radius 2 is 2.24 bits per heavy atom. The van der Waals surface area contributed by atoms with Gasteiger partial charge in [0.15, 0.2) is 0 Å². The zero-order chi connectivity index (χ0) is 12.4. The average Bonchev–Trinajstić information content (AvgIpc) is 2.75. The van der Waals surface area contributed by atoms with Gasteiger partial charge >= 0.3 is 5.97 Å². The van der Waals surface area contributed by atoms with E-state index in [0.29, 0.717) is 18.5 Å². The lowest BCUT2D eigenvalue weighted by Crippen LogP contribution is -2.47. The van der Waals surface area contributed by atoms with Crippen LogP contribution in [0.25, 0.3) is 0 Å². The molecule has 1 saturated heterocycles. The number of amides is 1. The van der Waals surface area contributed by atoms with Crippen molar-refractivity contribution in [2.24, 2.45) is 0 Å². The molecule has 4 nitrogen and oxygen atoms in total. The molecule has 0 aromatic carbocycles. The quantitative estimate of drug-likeness (QED) is 0.912. The Labute approximate surface area is 111 Å². The second kappa shape index (κ2) is 5.18. The van der Waals surface area contributed by atoms with Crippen LogP contribution in [0, 0.1) is 0 Å². The Morgan fingerprint density at radius 1 is 1.47 bits per heavy atom. The molecule has 1 aliphatic rings. The number of carbonyl (C=O) groups is 2. The molecule has 0 saturated carbocycles. The highest BCUT2D eigenvalue weighted by Gasteiger charge is 2.32. The largest absolute Gasteiger partial charge is 0.480 e. The summed E-state index contributed by atoms with van der Waals surface area (Å²) in [7, 11) is 0.